The first-order chi connectivity index (χ1) is 12.4. The van der Waals surface area contributed by atoms with E-state index in [1.807, 2.05) is 34.6 Å². The van der Waals surface area contributed by atoms with E-state index in [9.17, 15) is 27.5 Å². The van der Waals surface area contributed by atoms with E-state index in [1.54, 1.807) is 7.11 Å². The number of benzene rings is 1. The fraction of sp³-hybridized carbons (Fsp3) is 0.611. The minimum atomic E-state index is -1.71. The number of halogens is 4. The SMILES string of the molecule is CC.COC(C)(C)C.NC(CC=O)C(O)COc1c(F)c(F)cc(F)c1F. The highest BCUT2D eigenvalue weighted by atomic mass is 19.2. The summed E-state index contributed by atoms with van der Waals surface area (Å²) >= 11 is 0. The Morgan fingerprint density at radius 1 is 1.15 bits per heavy atom. The van der Waals surface area contributed by atoms with Gasteiger partial charge in [0.2, 0.25) is 11.6 Å². The third kappa shape index (κ3) is 10.9. The Labute approximate surface area is 157 Å². The summed E-state index contributed by atoms with van der Waals surface area (Å²) in [6.45, 7) is 9.35. The Morgan fingerprint density at radius 2 is 1.56 bits per heavy atom. The Hall–Kier alpha value is -1.71. The molecule has 0 saturated carbocycles. The van der Waals surface area contributed by atoms with Gasteiger partial charge in [-0.15, -0.1) is 0 Å². The summed E-state index contributed by atoms with van der Waals surface area (Å²) in [7, 11) is 1.71. The molecule has 0 fully saturated rings. The second-order valence-corrected chi connectivity index (χ2v) is 6.06. The van der Waals surface area contributed by atoms with E-state index < -0.39 is 47.8 Å². The summed E-state index contributed by atoms with van der Waals surface area (Å²) in [5.74, 6) is -7.96. The third-order valence-corrected chi connectivity index (χ3v) is 2.94. The number of aliphatic hydroxyl groups is 1. The number of carbonyl (C=O) groups excluding carboxylic acids is 1. The van der Waals surface area contributed by atoms with Crippen LogP contribution in [0.2, 0.25) is 0 Å². The predicted octanol–water partition coefficient (Wildman–Crippen LogP) is 3.36. The van der Waals surface area contributed by atoms with Crippen LogP contribution in [0.15, 0.2) is 6.07 Å². The number of methoxy groups -OCH3 is 1. The maximum atomic E-state index is 13.2. The van der Waals surface area contributed by atoms with Crippen molar-refractivity contribution in [1.29, 1.82) is 0 Å². The zero-order valence-corrected chi connectivity index (χ0v) is 16.5. The van der Waals surface area contributed by atoms with Crippen molar-refractivity contribution in [3.05, 3.63) is 29.3 Å². The molecule has 0 bridgehead atoms. The monoisotopic (exact) mass is 399 g/mol. The van der Waals surface area contributed by atoms with Crippen LogP contribution in [0.5, 0.6) is 5.75 Å². The highest BCUT2D eigenvalue weighted by molar-refractivity contribution is 5.50. The molecule has 0 aromatic heterocycles. The number of aldehydes is 1. The minimum absolute atomic E-state index is 0.0338. The summed E-state index contributed by atoms with van der Waals surface area (Å²) in [6, 6.07) is -0.978. The molecule has 2 unspecified atom stereocenters. The standard InChI is InChI=1S/C11H11F4NO3.C5H12O.C2H6/c12-5-3-6(13)10(15)11(9(5)14)19-4-8(18)7(16)1-2-17;1-5(2,3)6-4;1-2/h2-3,7-8,18H,1,4,16H2;1-4H3;1-2H3. The lowest BCUT2D eigenvalue weighted by Crippen LogP contribution is -2.39. The van der Waals surface area contributed by atoms with Gasteiger partial charge in [-0.05, 0) is 20.8 Å². The third-order valence-electron chi connectivity index (χ3n) is 2.94. The van der Waals surface area contributed by atoms with Crippen LogP contribution >= 0.6 is 0 Å². The van der Waals surface area contributed by atoms with E-state index in [2.05, 4.69) is 4.74 Å². The summed E-state index contributed by atoms with van der Waals surface area (Å²) in [5, 5.41) is 9.39. The van der Waals surface area contributed by atoms with Crippen LogP contribution in [0.25, 0.3) is 0 Å². The van der Waals surface area contributed by atoms with Gasteiger partial charge in [-0.25, -0.2) is 8.78 Å². The molecule has 1 aromatic carbocycles. The Balaban J connectivity index is 0. The average Bonchev–Trinajstić information content (AvgIpc) is 2.61. The lowest BCUT2D eigenvalue weighted by atomic mass is 10.1. The van der Waals surface area contributed by atoms with Gasteiger partial charge in [0.05, 0.1) is 5.60 Å². The normalized spacial score (nSPS) is 12.7. The Kier molecular flexibility index (Phi) is 13.7. The van der Waals surface area contributed by atoms with Gasteiger partial charge >= 0.3 is 0 Å². The molecule has 0 spiro atoms. The van der Waals surface area contributed by atoms with Crippen LogP contribution in [-0.4, -0.2) is 42.9 Å². The van der Waals surface area contributed by atoms with Crippen LogP contribution < -0.4 is 10.5 Å². The number of carbonyl (C=O) groups is 1. The van der Waals surface area contributed by atoms with Gasteiger partial charge in [0, 0.05) is 25.6 Å². The second kappa shape index (κ2) is 13.5. The maximum Gasteiger partial charge on any atom is 0.203 e. The van der Waals surface area contributed by atoms with Crippen molar-refractivity contribution in [2.45, 2.75) is 58.8 Å². The molecule has 0 aliphatic rings. The van der Waals surface area contributed by atoms with Crippen LogP contribution in [0.1, 0.15) is 41.0 Å². The fourth-order valence-corrected chi connectivity index (χ4v) is 1.24. The highest BCUT2D eigenvalue weighted by Crippen LogP contribution is 2.26. The zero-order chi connectivity index (χ0) is 21.8. The van der Waals surface area contributed by atoms with Crippen LogP contribution in [-0.2, 0) is 9.53 Å². The number of hydrogen-bond donors (Lipinski definition) is 2. The minimum Gasteiger partial charge on any atom is -0.485 e. The molecule has 1 aromatic rings. The zero-order valence-electron chi connectivity index (χ0n) is 16.5. The molecule has 0 aliphatic carbocycles. The number of hydrogen-bond acceptors (Lipinski definition) is 5. The summed E-state index contributed by atoms with van der Waals surface area (Å²) in [6.07, 6.45) is -1.18. The van der Waals surface area contributed by atoms with E-state index in [4.69, 9.17) is 10.5 Å². The van der Waals surface area contributed by atoms with Crippen molar-refractivity contribution in [1.82, 2.24) is 0 Å². The van der Waals surface area contributed by atoms with E-state index in [1.165, 1.54) is 0 Å². The summed E-state index contributed by atoms with van der Waals surface area (Å²) in [4.78, 5) is 10.1. The topological polar surface area (TPSA) is 81.8 Å². The van der Waals surface area contributed by atoms with Gasteiger partial charge in [0.15, 0.2) is 17.4 Å². The Morgan fingerprint density at radius 3 is 1.89 bits per heavy atom. The molecule has 0 saturated heterocycles. The largest absolute Gasteiger partial charge is 0.485 e. The fourth-order valence-electron chi connectivity index (χ4n) is 1.24. The summed E-state index contributed by atoms with van der Waals surface area (Å²) < 4.78 is 61.4. The molecule has 5 nitrogen and oxygen atoms in total. The molecule has 158 valence electrons. The molecule has 3 N–H and O–H groups in total. The molecule has 0 amide bonds. The molecule has 0 radical (unpaired) electrons. The molecule has 27 heavy (non-hydrogen) atoms. The van der Waals surface area contributed by atoms with Crippen molar-refractivity contribution >= 4 is 6.29 Å². The molecule has 2 atom stereocenters. The van der Waals surface area contributed by atoms with Gasteiger partial charge in [-0.2, -0.15) is 8.78 Å². The van der Waals surface area contributed by atoms with Gasteiger partial charge in [-0.3, -0.25) is 0 Å². The lowest BCUT2D eigenvalue weighted by Gasteiger charge is -2.17. The number of nitrogens with two attached hydrogens (primary N) is 1. The molecule has 0 heterocycles. The first-order valence-corrected chi connectivity index (χ1v) is 8.32. The van der Waals surface area contributed by atoms with Crippen molar-refractivity contribution < 1.29 is 36.9 Å². The lowest BCUT2D eigenvalue weighted by molar-refractivity contribution is -0.108. The number of aliphatic hydroxyl groups excluding tert-OH is 1. The number of ether oxygens (including phenoxy) is 2. The maximum absolute atomic E-state index is 13.2. The molecule has 1 rings (SSSR count). The average molecular weight is 399 g/mol. The van der Waals surface area contributed by atoms with E-state index in [-0.39, 0.29) is 18.1 Å². The van der Waals surface area contributed by atoms with Crippen LogP contribution in [0, 0.1) is 23.3 Å². The van der Waals surface area contributed by atoms with Crippen molar-refractivity contribution in [3.63, 3.8) is 0 Å². The Bertz CT molecular complexity index is 539. The van der Waals surface area contributed by atoms with Crippen molar-refractivity contribution in [2.24, 2.45) is 5.73 Å². The van der Waals surface area contributed by atoms with E-state index in [0.717, 1.165) is 0 Å². The smallest absolute Gasteiger partial charge is 0.203 e. The van der Waals surface area contributed by atoms with Crippen molar-refractivity contribution in [3.8, 4) is 5.75 Å². The molecule has 9 heteroatoms. The van der Waals surface area contributed by atoms with Gasteiger partial charge in [-0.1, -0.05) is 13.8 Å². The van der Waals surface area contributed by atoms with Gasteiger partial charge in [0.25, 0.3) is 0 Å². The van der Waals surface area contributed by atoms with E-state index >= 15 is 0 Å². The number of rotatable bonds is 6. The molecule has 0 aliphatic heterocycles. The molecular weight excluding hydrogens is 370 g/mol. The van der Waals surface area contributed by atoms with Crippen molar-refractivity contribution in [2.75, 3.05) is 13.7 Å². The quantitative estimate of drug-likeness (QED) is 0.436. The van der Waals surface area contributed by atoms with E-state index in [0.29, 0.717) is 6.29 Å². The predicted molar refractivity (Wildman–Crippen MR) is 94.5 cm³/mol. The van der Waals surface area contributed by atoms with Crippen LogP contribution in [0.4, 0.5) is 17.6 Å². The summed E-state index contributed by atoms with van der Waals surface area (Å²) in [5.41, 5.74) is 5.37. The van der Waals surface area contributed by atoms with Gasteiger partial charge < -0.3 is 25.1 Å². The molecular formula is C18H29F4NO4. The van der Waals surface area contributed by atoms with Crippen LogP contribution in [0.3, 0.4) is 0 Å². The first kappa shape index (κ1) is 27.5. The highest BCUT2D eigenvalue weighted by Gasteiger charge is 2.23. The second-order valence-electron chi connectivity index (χ2n) is 6.06. The van der Waals surface area contributed by atoms with Gasteiger partial charge in [0.1, 0.15) is 19.0 Å². The first-order valence-electron chi connectivity index (χ1n) is 8.32.